The average molecular weight is 383 g/mol. The molecule has 4 N–H and O–H groups in total. The maximum Gasteiger partial charge on any atom is 0.240 e. The summed E-state index contributed by atoms with van der Waals surface area (Å²) in [6, 6.07) is 11.6. The van der Waals surface area contributed by atoms with Crippen LogP contribution in [-0.2, 0) is 16.6 Å². The van der Waals surface area contributed by atoms with Gasteiger partial charge in [-0.1, -0.05) is 23.7 Å². The highest BCUT2D eigenvalue weighted by Crippen LogP contribution is 2.27. The van der Waals surface area contributed by atoms with E-state index >= 15 is 0 Å². The number of nitrogens with zero attached hydrogens (tertiary/aromatic N) is 1. The van der Waals surface area contributed by atoms with Gasteiger partial charge in [0.25, 0.3) is 0 Å². The third-order valence-corrected chi connectivity index (χ3v) is 5.08. The Hall–Kier alpha value is -2.29. The molecule has 0 atom stereocenters. The van der Waals surface area contributed by atoms with Gasteiger partial charge in [0.2, 0.25) is 10.0 Å². The van der Waals surface area contributed by atoms with E-state index in [0.717, 1.165) is 5.56 Å². The fourth-order valence-corrected chi connectivity index (χ4v) is 2.99. The Bertz CT molecular complexity index is 867. The van der Waals surface area contributed by atoms with Crippen molar-refractivity contribution in [2.75, 3.05) is 19.5 Å². The number of rotatable bonds is 6. The maximum atomic E-state index is 11.7. The summed E-state index contributed by atoms with van der Waals surface area (Å²) in [5.74, 6) is 0.785. The maximum absolute atomic E-state index is 11.7. The van der Waals surface area contributed by atoms with E-state index in [0.29, 0.717) is 23.0 Å². The van der Waals surface area contributed by atoms with Gasteiger partial charge in [-0.2, -0.15) is 0 Å². The SMILES string of the molecule is CNS(=O)(=O)c1ccc(CN=C(N)Nc2ccc(OC)c(Cl)c2)cc1. The molecule has 0 amide bonds. The molecule has 2 aromatic rings. The van der Waals surface area contributed by atoms with Crippen molar-refractivity contribution >= 4 is 33.3 Å². The van der Waals surface area contributed by atoms with Gasteiger partial charge in [0, 0.05) is 5.69 Å². The molecule has 0 spiro atoms. The van der Waals surface area contributed by atoms with Gasteiger partial charge in [0.05, 0.1) is 23.6 Å². The molecule has 9 heteroatoms. The van der Waals surface area contributed by atoms with Crippen molar-refractivity contribution in [3.63, 3.8) is 0 Å². The van der Waals surface area contributed by atoms with Crippen LogP contribution in [0.5, 0.6) is 5.75 Å². The Morgan fingerprint density at radius 3 is 2.48 bits per heavy atom. The molecule has 0 fully saturated rings. The molecule has 0 saturated carbocycles. The van der Waals surface area contributed by atoms with E-state index in [-0.39, 0.29) is 10.9 Å². The van der Waals surface area contributed by atoms with E-state index in [1.807, 2.05) is 0 Å². The zero-order chi connectivity index (χ0) is 18.4. The van der Waals surface area contributed by atoms with Crippen molar-refractivity contribution in [2.45, 2.75) is 11.4 Å². The molecule has 2 rings (SSSR count). The Morgan fingerprint density at radius 2 is 1.92 bits per heavy atom. The second kappa shape index (κ2) is 8.19. The van der Waals surface area contributed by atoms with Gasteiger partial charge in [-0.15, -0.1) is 0 Å². The van der Waals surface area contributed by atoms with Crippen LogP contribution in [0.4, 0.5) is 5.69 Å². The number of guanidine groups is 1. The molecule has 0 bridgehead atoms. The first kappa shape index (κ1) is 19.0. The Morgan fingerprint density at radius 1 is 1.24 bits per heavy atom. The van der Waals surface area contributed by atoms with E-state index < -0.39 is 10.0 Å². The van der Waals surface area contributed by atoms with Crippen molar-refractivity contribution in [3.8, 4) is 5.75 Å². The summed E-state index contributed by atoms with van der Waals surface area (Å²) in [4.78, 5) is 4.41. The molecule has 0 aliphatic heterocycles. The molecule has 0 aliphatic rings. The highest BCUT2D eigenvalue weighted by Gasteiger charge is 2.10. The van der Waals surface area contributed by atoms with Crippen LogP contribution < -0.4 is 20.5 Å². The van der Waals surface area contributed by atoms with Crippen molar-refractivity contribution in [1.29, 1.82) is 0 Å². The lowest BCUT2D eigenvalue weighted by atomic mass is 10.2. The number of benzene rings is 2. The zero-order valence-electron chi connectivity index (χ0n) is 13.8. The number of nitrogens with one attached hydrogen (secondary N) is 2. The number of ether oxygens (including phenoxy) is 1. The Kier molecular flexibility index (Phi) is 6.24. The summed E-state index contributed by atoms with van der Waals surface area (Å²) in [6.45, 7) is 0.308. The minimum Gasteiger partial charge on any atom is -0.495 e. The summed E-state index contributed by atoms with van der Waals surface area (Å²) in [5.41, 5.74) is 7.36. The number of aliphatic imine (C=N–C) groups is 1. The molecule has 0 aliphatic carbocycles. The lowest BCUT2D eigenvalue weighted by Gasteiger charge is -2.08. The van der Waals surface area contributed by atoms with Crippen molar-refractivity contribution in [1.82, 2.24) is 4.72 Å². The highest BCUT2D eigenvalue weighted by atomic mass is 35.5. The summed E-state index contributed by atoms with van der Waals surface area (Å²) in [6.07, 6.45) is 0. The van der Waals surface area contributed by atoms with E-state index in [9.17, 15) is 8.42 Å². The third kappa shape index (κ3) is 5.09. The Labute approximate surface area is 151 Å². The van der Waals surface area contributed by atoms with Crippen LogP contribution >= 0.6 is 11.6 Å². The predicted octanol–water partition coefficient (Wildman–Crippen LogP) is 2.18. The topological polar surface area (TPSA) is 106 Å². The Balaban J connectivity index is 2.02. The lowest BCUT2D eigenvalue weighted by molar-refractivity contribution is 0.415. The van der Waals surface area contributed by atoms with Crippen molar-refractivity contribution in [2.24, 2.45) is 10.7 Å². The van der Waals surface area contributed by atoms with Crippen LogP contribution in [0.15, 0.2) is 52.4 Å². The number of sulfonamides is 1. The quantitative estimate of drug-likeness (QED) is 0.524. The average Bonchev–Trinajstić information content (AvgIpc) is 2.60. The van der Waals surface area contributed by atoms with Crippen LogP contribution in [0.1, 0.15) is 5.56 Å². The van der Waals surface area contributed by atoms with Crippen LogP contribution in [0.25, 0.3) is 0 Å². The summed E-state index contributed by atoms with van der Waals surface area (Å²) in [7, 11) is -0.537. The first-order valence-electron chi connectivity index (χ1n) is 7.28. The third-order valence-electron chi connectivity index (χ3n) is 3.36. The molecular formula is C16H19ClN4O3S. The smallest absolute Gasteiger partial charge is 0.240 e. The first-order chi connectivity index (χ1) is 11.9. The number of hydrogen-bond acceptors (Lipinski definition) is 4. The summed E-state index contributed by atoms with van der Waals surface area (Å²) >= 11 is 6.05. The molecule has 0 aromatic heterocycles. The molecule has 25 heavy (non-hydrogen) atoms. The highest BCUT2D eigenvalue weighted by molar-refractivity contribution is 7.89. The van der Waals surface area contributed by atoms with Gasteiger partial charge in [-0.3, -0.25) is 0 Å². The molecule has 7 nitrogen and oxygen atoms in total. The predicted molar refractivity (Wildman–Crippen MR) is 99.6 cm³/mol. The molecule has 0 unspecified atom stereocenters. The van der Waals surface area contributed by atoms with E-state index in [1.165, 1.54) is 26.3 Å². The zero-order valence-corrected chi connectivity index (χ0v) is 15.4. The summed E-state index contributed by atoms with van der Waals surface area (Å²) in [5, 5.41) is 3.39. The second-order valence-electron chi connectivity index (χ2n) is 5.03. The second-order valence-corrected chi connectivity index (χ2v) is 7.32. The number of nitrogens with two attached hydrogens (primary N) is 1. The van der Waals surface area contributed by atoms with Gasteiger partial charge in [-0.25, -0.2) is 18.1 Å². The van der Waals surface area contributed by atoms with Gasteiger partial charge in [0.1, 0.15) is 5.75 Å². The number of anilines is 1. The number of hydrogen-bond donors (Lipinski definition) is 3. The van der Waals surface area contributed by atoms with Gasteiger partial charge < -0.3 is 15.8 Å². The standard InChI is InChI=1S/C16H19ClN4O3S/c1-19-25(22,23)13-6-3-11(4-7-13)10-20-16(18)21-12-5-8-15(24-2)14(17)9-12/h3-9,19H,10H2,1-2H3,(H3,18,20,21). The van der Waals surface area contributed by atoms with Crippen molar-refractivity contribution < 1.29 is 13.2 Å². The molecule has 0 heterocycles. The van der Waals surface area contributed by atoms with Crippen molar-refractivity contribution in [3.05, 3.63) is 53.1 Å². The molecule has 0 radical (unpaired) electrons. The van der Waals surface area contributed by atoms with Crippen LogP contribution in [0, 0.1) is 0 Å². The molecular weight excluding hydrogens is 364 g/mol. The van der Waals surface area contributed by atoms with E-state index in [4.69, 9.17) is 22.1 Å². The van der Waals surface area contributed by atoms with Crippen LogP contribution in [0.2, 0.25) is 5.02 Å². The van der Waals surface area contributed by atoms with E-state index in [1.54, 1.807) is 30.3 Å². The lowest BCUT2D eigenvalue weighted by Crippen LogP contribution is -2.22. The molecule has 0 saturated heterocycles. The fourth-order valence-electron chi connectivity index (χ4n) is 2.00. The van der Waals surface area contributed by atoms with Crippen LogP contribution in [0.3, 0.4) is 0 Å². The number of methoxy groups -OCH3 is 1. The molecule has 2 aromatic carbocycles. The van der Waals surface area contributed by atoms with Gasteiger partial charge >= 0.3 is 0 Å². The van der Waals surface area contributed by atoms with Crippen LogP contribution in [-0.4, -0.2) is 28.5 Å². The monoisotopic (exact) mass is 382 g/mol. The summed E-state index contributed by atoms with van der Waals surface area (Å²) < 4.78 is 30.7. The van der Waals surface area contributed by atoms with Gasteiger partial charge in [0.15, 0.2) is 5.96 Å². The fraction of sp³-hybridized carbons (Fsp3) is 0.188. The minimum atomic E-state index is -3.44. The van der Waals surface area contributed by atoms with E-state index in [2.05, 4.69) is 15.0 Å². The number of halogens is 1. The molecule has 134 valence electrons. The largest absolute Gasteiger partial charge is 0.495 e. The van der Waals surface area contributed by atoms with Gasteiger partial charge in [-0.05, 0) is 42.9 Å². The minimum absolute atomic E-state index is 0.196. The first-order valence-corrected chi connectivity index (χ1v) is 9.15. The normalized spacial score (nSPS) is 12.0.